The summed E-state index contributed by atoms with van der Waals surface area (Å²) in [6.07, 6.45) is 0.921. The molecule has 0 aliphatic rings. The number of nitrogens with one attached hydrogen (secondary N) is 2. The summed E-state index contributed by atoms with van der Waals surface area (Å²) < 4.78 is 5.14. The molecule has 0 spiro atoms. The van der Waals surface area contributed by atoms with Crippen molar-refractivity contribution in [3.63, 3.8) is 0 Å². The maximum Gasteiger partial charge on any atom is 0.408 e. The Morgan fingerprint density at radius 1 is 1.17 bits per heavy atom. The predicted molar refractivity (Wildman–Crippen MR) is 95.7 cm³/mol. The number of hydrogen-bond acceptors (Lipinski definition) is 4. The van der Waals surface area contributed by atoms with Gasteiger partial charge in [-0.15, -0.1) is 0 Å². The summed E-state index contributed by atoms with van der Waals surface area (Å²) in [5.41, 5.74) is -1.28. The van der Waals surface area contributed by atoms with Crippen LogP contribution in [0.3, 0.4) is 0 Å². The van der Waals surface area contributed by atoms with Crippen molar-refractivity contribution in [1.29, 1.82) is 0 Å². The Bertz CT molecular complexity index is 528. The standard InChI is InChI=1S/C15H22BN3O3.C2H6/c1-14(2,3)22-13(21)19-15(4,5)12(20)18-11(16)10-8-6-7-9-17-10;1-2/h6-9,11H,1-5H3,(H,18,20)(H,19,21);1-2H3. The van der Waals surface area contributed by atoms with Gasteiger partial charge in [0, 0.05) is 12.1 Å². The van der Waals surface area contributed by atoms with Gasteiger partial charge in [-0.1, -0.05) is 19.9 Å². The van der Waals surface area contributed by atoms with Crippen LogP contribution in [0.15, 0.2) is 24.4 Å². The molecular weight excluding hydrogens is 305 g/mol. The number of rotatable bonds is 4. The molecule has 2 amide bonds. The first-order valence-corrected chi connectivity index (χ1v) is 8.00. The maximum absolute atomic E-state index is 12.3. The summed E-state index contributed by atoms with van der Waals surface area (Å²) in [7, 11) is 5.89. The molecule has 2 N–H and O–H groups in total. The lowest BCUT2D eigenvalue weighted by Gasteiger charge is -2.29. The molecule has 1 rings (SSSR count). The fourth-order valence-electron chi connectivity index (χ4n) is 1.57. The van der Waals surface area contributed by atoms with Gasteiger partial charge in [0.25, 0.3) is 0 Å². The Kier molecular flexibility index (Phi) is 8.51. The molecule has 0 saturated carbocycles. The molecule has 132 valence electrons. The highest BCUT2D eigenvalue weighted by Gasteiger charge is 2.32. The molecule has 2 radical (unpaired) electrons. The zero-order valence-corrected chi connectivity index (χ0v) is 15.6. The average molecular weight is 333 g/mol. The molecule has 1 aromatic heterocycles. The summed E-state index contributed by atoms with van der Waals surface area (Å²) in [6, 6.07) is 5.24. The van der Waals surface area contributed by atoms with Gasteiger partial charge >= 0.3 is 6.09 Å². The third-order valence-electron chi connectivity index (χ3n) is 2.67. The van der Waals surface area contributed by atoms with Gasteiger partial charge in [0.1, 0.15) is 19.0 Å². The van der Waals surface area contributed by atoms with Gasteiger partial charge in [-0.25, -0.2) is 4.79 Å². The van der Waals surface area contributed by atoms with Crippen molar-refractivity contribution in [3.05, 3.63) is 30.1 Å². The van der Waals surface area contributed by atoms with Crippen LogP contribution in [0.25, 0.3) is 0 Å². The summed E-state index contributed by atoms with van der Waals surface area (Å²) in [5, 5.41) is 5.13. The fourth-order valence-corrected chi connectivity index (χ4v) is 1.57. The lowest BCUT2D eigenvalue weighted by atomic mass is 9.91. The minimum absolute atomic E-state index is 0.434. The lowest BCUT2D eigenvalue weighted by molar-refractivity contribution is -0.126. The van der Waals surface area contributed by atoms with Gasteiger partial charge in [0.15, 0.2) is 0 Å². The van der Waals surface area contributed by atoms with Crippen LogP contribution in [0.2, 0.25) is 0 Å². The van der Waals surface area contributed by atoms with Gasteiger partial charge < -0.3 is 15.4 Å². The number of carbonyl (C=O) groups excluding carboxylic acids is 2. The fraction of sp³-hybridized carbons (Fsp3) is 0.588. The second-order valence-corrected chi connectivity index (χ2v) is 6.46. The molecule has 0 aromatic carbocycles. The summed E-state index contributed by atoms with van der Waals surface area (Å²) >= 11 is 0. The molecule has 0 aliphatic carbocycles. The number of ether oxygens (including phenoxy) is 1. The number of alkyl carbamates (subject to hydrolysis) is 1. The number of pyridine rings is 1. The van der Waals surface area contributed by atoms with Crippen LogP contribution in [0.5, 0.6) is 0 Å². The number of aromatic nitrogens is 1. The van der Waals surface area contributed by atoms with Crippen LogP contribution < -0.4 is 10.6 Å². The molecule has 1 aromatic rings. The largest absolute Gasteiger partial charge is 0.444 e. The van der Waals surface area contributed by atoms with E-state index in [2.05, 4.69) is 15.6 Å². The lowest BCUT2D eigenvalue weighted by Crippen LogP contribution is -2.56. The molecule has 0 aliphatic heterocycles. The van der Waals surface area contributed by atoms with E-state index in [0.717, 1.165) is 0 Å². The quantitative estimate of drug-likeness (QED) is 0.830. The van der Waals surface area contributed by atoms with Crippen LogP contribution in [0, 0.1) is 0 Å². The molecule has 1 atom stereocenters. The number of carbonyl (C=O) groups is 2. The van der Waals surface area contributed by atoms with E-state index in [9.17, 15) is 9.59 Å². The van der Waals surface area contributed by atoms with Crippen molar-refractivity contribution >= 4 is 19.8 Å². The van der Waals surface area contributed by atoms with E-state index in [1.807, 2.05) is 13.8 Å². The number of nitrogens with zero attached hydrogens (tertiary/aromatic N) is 1. The van der Waals surface area contributed by atoms with E-state index in [1.54, 1.807) is 59.0 Å². The Labute approximate surface area is 146 Å². The number of amides is 2. The Balaban J connectivity index is 0.00000254. The van der Waals surface area contributed by atoms with Gasteiger partial charge in [-0.2, -0.15) is 0 Å². The zero-order chi connectivity index (χ0) is 19.0. The molecule has 1 unspecified atom stereocenters. The molecular formula is C17H28BN3O3. The summed E-state index contributed by atoms with van der Waals surface area (Å²) in [6.45, 7) is 12.4. The van der Waals surface area contributed by atoms with Crippen LogP contribution in [0.1, 0.15) is 60.1 Å². The zero-order valence-electron chi connectivity index (χ0n) is 15.6. The topological polar surface area (TPSA) is 80.3 Å². The second kappa shape index (κ2) is 9.30. The first-order valence-electron chi connectivity index (χ1n) is 8.00. The van der Waals surface area contributed by atoms with Crippen molar-refractivity contribution in [2.75, 3.05) is 0 Å². The van der Waals surface area contributed by atoms with E-state index in [1.165, 1.54) is 0 Å². The third-order valence-corrected chi connectivity index (χ3v) is 2.67. The minimum Gasteiger partial charge on any atom is -0.444 e. The molecule has 1 heterocycles. The second-order valence-electron chi connectivity index (χ2n) is 6.46. The van der Waals surface area contributed by atoms with Gasteiger partial charge in [-0.05, 0) is 46.8 Å². The van der Waals surface area contributed by atoms with Crippen LogP contribution >= 0.6 is 0 Å². The molecule has 7 heteroatoms. The van der Waals surface area contributed by atoms with Crippen molar-refractivity contribution < 1.29 is 14.3 Å². The molecule has 0 fully saturated rings. The normalized spacial score (nSPS) is 12.3. The van der Waals surface area contributed by atoms with E-state index in [0.29, 0.717) is 5.69 Å². The predicted octanol–water partition coefficient (Wildman–Crippen LogP) is 2.69. The summed E-state index contributed by atoms with van der Waals surface area (Å²) in [4.78, 5) is 28.1. The van der Waals surface area contributed by atoms with E-state index in [-0.39, 0.29) is 0 Å². The van der Waals surface area contributed by atoms with E-state index >= 15 is 0 Å². The monoisotopic (exact) mass is 333 g/mol. The van der Waals surface area contributed by atoms with Crippen LogP contribution in [-0.4, -0.2) is 36.0 Å². The minimum atomic E-state index is -1.17. The molecule has 6 nitrogen and oxygen atoms in total. The van der Waals surface area contributed by atoms with Crippen molar-refractivity contribution in [2.24, 2.45) is 0 Å². The Morgan fingerprint density at radius 2 is 1.75 bits per heavy atom. The molecule has 24 heavy (non-hydrogen) atoms. The Hall–Kier alpha value is -2.05. The smallest absolute Gasteiger partial charge is 0.408 e. The molecule has 0 bridgehead atoms. The highest BCUT2D eigenvalue weighted by Crippen LogP contribution is 2.11. The average Bonchev–Trinajstić information content (AvgIpc) is 2.47. The SMILES string of the molecule is CC.[B]C(NC(=O)C(C)(C)NC(=O)OC(C)(C)C)c1ccccn1. The van der Waals surface area contributed by atoms with Crippen LogP contribution in [-0.2, 0) is 9.53 Å². The van der Waals surface area contributed by atoms with Crippen molar-refractivity contribution in [2.45, 2.75) is 65.5 Å². The molecule has 0 saturated heterocycles. The Morgan fingerprint density at radius 3 is 2.21 bits per heavy atom. The number of hydrogen-bond donors (Lipinski definition) is 2. The highest BCUT2D eigenvalue weighted by atomic mass is 16.6. The van der Waals surface area contributed by atoms with Gasteiger partial charge in [0.2, 0.25) is 5.91 Å². The van der Waals surface area contributed by atoms with Gasteiger partial charge in [0.05, 0.1) is 5.69 Å². The van der Waals surface area contributed by atoms with Crippen LogP contribution in [0.4, 0.5) is 4.79 Å². The first-order chi connectivity index (χ1) is 11.0. The third kappa shape index (κ3) is 7.99. The van der Waals surface area contributed by atoms with E-state index in [4.69, 9.17) is 12.6 Å². The van der Waals surface area contributed by atoms with Gasteiger partial charge in [-0.3, -0.25) is 9.78 Å². The highest BCUT2D eigenvalue weighted by molar-refractivity contribution is 6.13. The van der Waals surface area contributed by atoms with Crippen molar-refractivity contribution in [3.8, 4) is 0 Å². The van der Waals surface area contributed by atoms with E-state index < -0.39 is 29.1 Å². The van der Waals surface area contributed by atoms with Crippen molar-refractivity contribution in [1.82, 2.24) is 15.6 Å². The maximum atomic E-state index is 12.3. The first kappa shape index (κ1) is 22.0. The summed E-state index contributed by atoms with van der Waals surface area (Å²) in [5.74, 6) is -1.19.